The minimum absolute atomic E-state index is 0.0660. The van der Waals surface area contributed by atoms with Crippen LogP contribution < -0.4 is 20.3 Å². The number of methoxy groups -OCH3 is 2. The number of benzene rings is 2. The zero-order chi connectivity index (χ0) is 28.4. The second kappa shape index (κ2) is 11.8. The van der Waals surface area contributed by atoms with Crippen molar-refractivity contribution in [3.63, 3.8) is 0 Å². The summed E-state index contributed by atoms with van der Waals surface area (Å²) in [6.45, 7) is 4.17. The molecule has 1 aliphatic heterocycles. The molecule has 2 N–H and O–H groups in total. The van der Waals surface area contributed by atoms with Gasteiger partial charge in [0.15, 0.2) is 5.11 Å². The molecule has 206 valence electrons. The SMILES string of the molecule is COCC(=O)Nc1cc(N2C(=S)N[C@H](c3ccccn3)[C@@H]2c2cc(C)n(-c3ccc(Br)cc3)c2C)ccc1OC. The molecule has 2 aromatic carbocycles. The van der Waals surface area contributed by atoms with Crippen LogP contribution in [0.4, 0.5) is 11.4 Å². The number of anilines is 2. The number of amides is 1. The number of aryl methyl sites for hydroxylation is 1. The summed E-state index contributed by atoms with van der Waals surface area (Å²) in [4.78, 5) is 19.2. The zero-order valence-electron chi connectivity index (χ0n) is 22.6. The molecule has 1 fully saturated rings. The molecule has 40 heavy (non-hydrogen) atoms. The first-order valence-corrected chi connectivity index (χ1v) is 13.9. The number of aromatic nitrogens is 2. The average Bonchev–Trinajstić information content (AvgIpc) is 3.44. The van der Waals surface area contributed by atoms with Crippen molar-refractivity contribution in [2.75, 3.05) is 31.0 Å². The minimum Gasteiger partial charge on any atom is -0.495 e. The van der Waals surface area contributed by atoms with Gasteiger partial charge in [0.25, 0.3) is 0 Å². The third-order valence-corrected chi connectivity index (χ3v) is 7.83. The summed E-state index contributed by atoms with van der Waals surface area (Å²) in [6.07, 6.45) is 1.79. The Hall–Kier alpha value is -3.73. The Labute approximate surface area is 247 Å². The first-order valence-electron chi connectivity index (χ1n) is 12.7. The quantitative estimate of drug-likeness (QED) is 0.233. The minimum atomic E-state index is -0.277. The number of pyridine rings is 1. The molecule has 8 nitrogen and oxygen atoms in total. The zero-order valence-corrected chi connectivity index (χ0v) is 25.0. The van der Waals surface area contributed by atoms with Crippen LogP contribution in [0.15, 0.2) is 77.4 Å². The molecule has 1 aliphatic rings. The van der Waals surface area contributed by atoms with Gasteiger partial charge < -0.3 is 29.6 Å². The summed E-state index contributed by atoms with van der Waals surface area (Å²) in [5.41, 5.74) is 6.62. The van der Waals surface area contributed by atoms with Gasteiger partial charge >= 0.3 is 0 Å². The highest BCUT2D eigenvalue weighted by atomic mass is 79.9. The van der Waals surface area contributed by atoms with Crippen molar-refractivity contribution in [3.05, 3.63) is 100 Å². The van der Waals surface area contributed by atoms with Crippen molar-refractivity contribution in [2.24, 2.45) is 0 Å². The molecule has 1 amide bonds. The number of carbonyl (C=O) groups is 1. The Bertz CT molecular complexity index is 1540. The average molecular weight is 621 g/mol. The predicted molar refractivity (Wildman–Crippen MR) is 164 cm³/mol. The second-order valence-electron chi connectivity index (χ2n) is 9.50. The van der Waals surface area contributed by atoms with E-state index in [-0.39, 0.29) is 24.6 Å². The number of carbonyl (C=O) groups excluding carboxylic acids is 1. The molecular formula is C30H30BrN5O3S. The van der Waals surface area contributed by atoms with Crippen LogP contribution in [0.25, 0.3) is 5.69 Å². The molecule has 0 bridgehead atoms. The van der Waals surface area contributed by atoms with E-state index in [1.807, 2.05) is 48.5 Å². The van der Waals surface area contributed by atoms with E-state index >= 15 is 0 Å². The van der Waals surface area contributed by atoms with Crippen LogP contribution in [0.5, 0.6) is 5.75 Å². The van der Waals surface area contributed by atoms with Gasteiger partial charge in [-0.2, -0.15) is 0 Å². The summed E-state index contributed by atoms with van der Waals surface area (Å²) >= 11 is 9.48. The van der Waals surface area contributed by atoms with Crippen LogP contribution in [-0.4, -0.2) is 41.4 Å². The van der Waals surface area contributed by atoms with Gasteiger partial charge in [0, 0.05) is 40.5 Å². The summed E-state index contributed by atoms with van der Waals surface area (Å²) < 4.78 is 13.8. The van der Waals surface area contributed by atoms with E-state index in [1.54, 1.807) is 13.3 Å². The lowest BCUT2D eigenvalue weighted by Gasteiger charge is -2.29. The number of halogens is 1. The lowest BCUT2D eigenvalue weighted by atomic mass is 9.96. The lowest BCUT2D eigenvalue weighted by molar-refractivity contribution is -0.119. The van der Waals surface area contributed by atoms with Crippen molar-refractivity contribution in [1.82, 2.24) is 14.9 Å². The maximum atomic E-state index is 12.4. The van der Waals surface area contributed by atoms with Crippen LogP contribution in [-0.2, 0) is 9.53 Å². The molecule has 0 radical (unpaired) electrons. The Morgan fingerprint density at radius 3 is 2.50 bits per heavy atom. The molecule has 10 heteroatoms. The fourth-order valence-electron chi connectivity index (χ4n) is 5.28. The van der Waals surface area contributed by atoms with Gasteiger partial charge in [-0.15, -0.1) is 0 Å². The fourth-order valence-corrected chi connectivity index (χ4v) is 5.89. The Balaban J connectivity index is 1.64. The van der Waals surface area contributed by atoms with Gasteiger partial charge in [-0.05, 0) is 92.3 Å². The third-order valence-electron chi connectivity index (χ3n) is 6.98. The number of ether oxygens (including phenoxy) is 2. The van der Waals surface area contributed by atoms with Crippen molar-refractivity contribution in [3.8, 4) is 11.4 Å². The number of hydrogen-bond donors (Lipinski definition) is 2. The van der Waals surface area contributed by atoms with Gasteiger partial charge in [-0.1, -0.05) is 22.0 Å². The number of rotatable bonds is 8. The Morgan fingerprint density at radius 1 is 1.07 bits per heavy atom. The van der Waals surface area contributed by atoms with Gasteiger partial charge in [-0.25, -0.2) is 0 Å². The van der Waals surface area contributed by atoms with Crippen LogP contribution in [0.2, 0.25) is 0 Å². The van der Waals surface area contributed by atoms with E-state index in [9.17, 15) is 4.79 Å². The molecule has 0 spiro atoms. The van der Waals surface area contributed by atoms with Crippen molar-refractivity contribution in [1.29, 1.82) is 0 Å². The number of nitrogens with zero attached hydrogens (tertiary/aromatic N) is 3. The van der Waals surface area contributed by atoms with Crippen LogP contribution >= 0.6 is 28.1 Å². The molecule has 4 aromatic rings. The molecule has 5 rings (SSSR count). The van der Waals surface area contributed by atoms with Gasteiger partial charge in [-0.3, -0.25) is 9.78 Å². The van der Waals surface area contributed by atoms with E-state index < -0.39 is 0 Å². The predicted octanol–water partition coefficient (Wildman–Crippen LogP) is 6.02. The maximum absolute atomic E-state index is 12.4. The van der Waals surface area contributed by atoms with Crippen LogP contribution in [0.3, 0.4) is 0 Å². The van der Waals surface area contributed by atoms with E-state index in [0.29, 0.717) is 16.5 Å². The standard InChI is InChI=1S/C30H30BrN5O3S/c1-18-15-23(19(2)35(18)21-10-8-20(31)9-11-21)29-28(24-7-5-6-14-32-24)34-30(40)36(29)22-12-13-26(39-4)25(16-22)33-27(37)17-38-3/h5-16,28-29H,17H2,1-4H3,(H,33,37)(H,34,40)/t28-,29+/m1/s1. The molecule has 0 aliphatic carbocycles. The van der Waals surface area contributed by atoms with E-state index in [2.05, 4.69) is 73.1 Å². The molecule has 2 atom stereocenters. The lowest BCUT2D eigenvalue weighted by Crippen LogP contribution is -2.29. The van der Waals surface area contributed by atoms with E-state index in [0.717, 1.165) is 38.5 Å². The maximum Gasteiger partial charge on any atom is 0.250 e. The fraction of sp³-hybridized carbons (Fsp3) is 0.233. The van der Waals surface area contributed by atoms with Crippen molar-refractivity contribution >= 4 is 50.5 Å². The highest BCUT2D eigenvalue weighted by molar-refractivity contribution is 9.10. The van der Waals surface area contributed by atoms with Crippen molar-refractivity contribution < 1.29 is 14.3 Å². The van der Waals surface area contributed by atoms with E-state index in [4.69, 9.17) is 21.7 Å². The third kappa shape index (κ3) is 5.34. The summed E-state index contributed by atoms with van der Waals surface area (Å²) in [7, 11) is 3.05. The number of thiocarbonyl (C=S) groups is 1. The Kier molecular flexibility index (Phi) is 8.20. The molecule has 3 heterocycles. The summed E-state index contributed by atoms with van der Waals surface area (Å²) in [5, 5.41) is 6.97. The largest absolute Gasteiger partial charge is 0.495 e. The number of nitrogens with one attached hydrogen (secondary N) is 2. The van der Waals surface area contributed by atoms with Crippen molar-refractivity contribution in [2.45, 2.75) is 25.9 Å². The van der Waals surface area contributed by atoms with Gasteiger partial charge in [0.1, 0.15) is 12.4 Å². The highest BCUT2D eigenvalue weighted by Crippen LogP contribution is 2.45. The molecule has 2 aromatic heterocycles. The first kappa shape index (κ1) is 27.8. The molecule has 0 saturated carbocycles. The van der Waals surface area contributed by atoms with Crippen LogP contribution in [0.1, 0.15) is 34.7 Å². The second-order valence-corrected chi connectivity index (χ2v) is 10.8. The topological polar surface area (TPSA) is 80.7 Å². The van der Waals surface area contributed by atoms with Gasteiger partial charge in [0.2, 0.25) is 5.91 Å². The van der Waals surface area contributed by atoms with E-state index in [1.165, 1.54) is 7.11 Å². The Morgan fingerprint density at radius 2 is 1.82 bits per heavy atom. The number of hydrogen-bond acceptors (Lipinski definition) is 5. The normalized spacial score (nSPS) is 16.6. The molecule has 0 unspecified atom stereocenters. The summed E-state index contributed by atoms with van der Waals surface area (Å²) in [6, 6.07) is 21.6. The van der Waals surface area contributed by atoms with Gasteiger partial charge in [0.05, 0.1) is 30.6 Å². The smallest absolute Gasteiger partial charge is 0.250 e. The molecular weight excluding hydrogens is 590 g/mol. The van der Waals surface area contributed by atoms with Crippen LogP contribution in [0, 0.1) is 13.8 Å². The molecule has 1 saturated heterocycles. The highest BCUT2D eigenvalue weighted by Gasteiger charge is 2.42. The monoisotopic (exact) mass is 619 g/mol. The summed E-state index contributed by atoms with van der Waals surface area (Å²) in [5.74, 6) is 0.263. The first-order chi connectivity index (χ1) is 19.3.